The van der Waals surface area contributed by atoms with Crippen molar-refractivity contribution in [2.45, 2.75) is 20.3 Å². The van der Waals surface area contributed by atoms with Crippen molar-refractivity contribution >= 4 is 23.1 Å². The Hall–Kier alpha value is -2.86. The van der Waals surface area contributed by atoms with E-state index >= 15 is 0 Å². The highest BCUT2D eigenvalue weighted by Gasteiger charge is 2.16. The van der Waals surface area contributed by atoms with Crippen LogP contribution in [0.4, 0.5) is 4.39 Å². The lowest BCUT2D eigenvalue weighted by atomic mass is 10.1. The van der Waals surface area contributed by atoms with Crippen LogP contribution in [-0.4, -0.2) is 16.7 Å². The van der Waals surface area contributed by atoms with Gasteiger partial charge in [-0.05, 0) is 62.4 Å². The van der Waals surface area contributed by atoms with Crippen LogP contribution >= 0.6 is 11.3 Å². The molecule has 0 radical (unpaired) electrons. The molecular weight excluding hydrogens is 353 g/mol. The Balaban J connectivity index is 1.75. The third-order valence-electron chi connectivity index (χ3n) is 3.72. The summed E-state index contributed by atoms with van der Waals surface area (Å²) in [5, 5.41) is 0.818. The third kappa shape index (κ3) is 4.21. The number of esters is 1. The van der Waals surface area contributed by atoms with Crippen LogP contribution < -0.4 is 4.74 Å². The van der Waals surface area contributed by atoms with Crippen LogP contribution in [0.5, 0.6) is 5.75 Å². The lowest BCUT2D eigenvalue weighted by Crippen LogP contribution is -2.11. The Labute approximate surface area is 154 Å². The largest absolute Gasteiger partial charge is 0.426 e. The average Bonchev–Trinajstić information content (AvgIpc) is 2.96. The summed E-state index contributed by atoms with van der Waals surface area (Å²) < 4.78 is 18.5. The van der Waals surface area contributed by atoms with Crippen LogP contribution in [0.3, 0.4) is 0 Å². The number of thiazole rings is 1. The fourth-order valence-electron chi connectivity index (χ4n) is 2.48. The van der Waals surface area contributed by atoms with E-state index in [9.17, 15) is 14.0 Å². The van der Waals surface area contributed by atoms with E-state index in [1.165, 1.54) is 30.4 Å². The summed E-state index contributed by atoms with van der Waals surface area (Å²) in [6, 6.07) is 12.4. The number of hydrogen-bond donors (Lipinski definition) is 0. The van der Waals surface area contributed by atoms with Gasteiger partial charge in [0.15, 0.2) is 5.78 Å². The Morgan fingerprint density at radius 3 is 2.35 bits per heavy atom. The molecule has 4 nitrogen and oxygen atoms in total. The smallest absolute Gasteiger partial charge is 0.316 e. The average molecular weight is 369 g/mol. The summed E-state index contributed by atoms with van der Waals surface area (Å²) in [7, 11) is 0. The molecule has 0 N–H and O–H groups in total. The fourth-order valence-corrected chi connectivity index (χ4v) is 3.42. The number of carbonyl (C=O) groups is 2. The third-order valence-corrected chi connectivity index (χ3v) is 4.69. The first kappa shape index (κ1) is 17.9. The molecule has 26 heavy (non-hydrogen) atoms. The summed E-state index contributed by atoms with van der Waals surface area (Å²) in [5.74, 6) is -0.417. The number of benzene rings is 2. The number of aromatic nitrogens is 1. The predicted octanol–water partition coefficient (Wildman–Crippen LogP) is 4.61. The SMILES string of the molecule is CC(=O)c1ccc(OC(=O)Cc2sc(C)nc2-c2ccc(F)cc2)cc1. The van der Waals surface area contributed by atoms with Crippen LogP contribution in [0.25, 0.3) is 11.3 Å². The highest BCUT2D eigenvalue weighted by atomic mass is 32.1. The first-order valence-corrected chi connectivity index (χ1v) is 8.78. The molecule has 0 amide bonds. The van der Waals surface area contributed by atoms with Gasteiger partial charge >= 0.3 is 5.97 Å². The van der Waals surface area contributed by atoms with E-state index in [1.807, 2.05) is 6.92 Å². The number of ether oxygens (including phenoxy) is 1. The molecule has 1 aromatic heterocycles. The highest BCUT2D eigenvalue weighted by molar-refractivity contribution is 7.12. The molecule has 3 aromatic rings. The van der Waals surface area contributed by atoms with Gasteiger partial charge in [0.2, 0.25) is 0 Å². The zero-order valence-corrected chi connectivity index (χ0v) is 15.1. The number of hydrogen-bond acceptors (Lipinski definition) is 5. The van der Waals surface area contributed by atoms with Gasteiger partial charge in [-0.2, -0.15) is 0 Å². The minimum atomic E-state index is -0.424. The van der Waals surface area contributed by atoms with E-state index in [4.69, 9.17) is 4.74 Å². The quantitative estimate of drug-likeness (QED) is 0.374. The number of aryl methyl sites for hydroxylation is 1. The van der Waals surface area contributed by atoms with Crippen molar-refractivity contribution in [1.29, 1.82) is 0 Å². The summed E-state index contributed by atoms with van der Waals surface area (Å²) in [6.45, 7) is 3.33. The molecule has 6 heteroatoms. The maximum absolute atomic E-state index is 13.1. The van der Waals surface area contributed by atoms with Crippen LogP contribution in [-0.2, 0) is 11.2 Å². The van der Waals surface area contributed by atoms with E-state index < -0.39 is 5.97 Å². The van der Waals surface area contributed by atoms with Gasteiger partial charge in [0, 0.05) is 16.0 Å². The molecule has 0 unspecified atom stereocenters. The van der Waals surface area contributed by atoms with Crippen LogP contribution in [0.1, 0.15) is 27.2 Å². The zero-order chi connectivity index (χ0) is 18.7. The number of halogens is 1. The first-order valence-electron chi connectivity index (χ1n) is 7.96. The molecule has 0 fully saturated rings. The fraction of sp³-hybridized carbons (Fsp3) is 0.150. The van der Waals surface area contributed by atoms with Crippen LogP contribution in [0, 0.1) is 12.7 Å². The minimum absolute atomic E-state index is 0.0491. The van der Waals surface area contributed by atoms with Crippen molar-refractivity contribution in [1.82, 2.24) is 4.98 Å². The van der Waals surface area contributed by atoms with E-state index in [-0.39, 0.29) is 18.0 Å². The molecule has 0 aliphatic carbocycles. The van der Waals surface area contributed by atoms with Crippen molar-refractivity contribution in [3.63, 3.8) is 0 Å². The van der Waals surface area contributed by atoms with Gasteiger partial charge in [-0.3, -0.25) is 9.59 Å². The van der Waals surface area contributed by atoms with E-state index in [0.717, 1.165) is 15.4 Å². The Kier molecular flexibility index (Phi) is 5.23. The number of ketones is 1. The van der Waals surface area contributed by atoms with Gasteiger partial charge in [-0.1, -0.05) is 0 Å². The minimum Gasteiger partial charge on any atom is -0.426 e. The normalized spacial score (nSPS) is 10.6. The molecular formula is C20H16FNO3S. The first-order chi connectivity index (χ1) is 12.4. The van der Waals surface area contributed by atoms with Crippen molar-refractivity contribution < 1.29 is 18.7 Å². The lowest BCUT2D eigenvalue weighted by molar-refractivity contribution is -0.133. The second kappa shape index (κ2) is 7.58. The maximum atomic E-state index is 13.1. The molecule has 0 saturated heterocycles. The topological polar surface area (TPSA) is 56.3 Å². The van der Waals surface area contributed by atoms with E-state index in [0.29, 0.717) is 17.0 Å². The zero-order valence-electron chi connectivity index (χ0n) is 14.3. The van der Waals surface area contributed by atoms with Gasteiger partial charge in [0.25, 0.3) is 0 Å². The highest BCUT2D eigenvalue weighted by Crippen LogP contribution is 2.29. The van der Waals surface area contributed by atoms with Gasteiger partial charge in [-0.15, -0.1) is 11.3 Å². The number of carbonyl (C=O) groups excluding carboxylic acids is 2. The van der Waals surface area contributed by atoms with Crippen LogP contribution in [0.15, 0.2) is 48.5 Å². The lowest BCUT2D eigenvalue weighted by Gasteiger charge is -2.05. The Morgan fingerprint density at radius 1 is 1.08 bits per heavy atom. The predicted molar refractivity (Wildman–Crippen MR) is 98.0 cm³/mol. The number of Topliss-reactive ketones (excluding diaryl/α,β-unsaturated/α-hetero) is 1. The van der Waals surface area contributed by atoms with Gasteiger partial charge in [-0.25, -0.2) is 9.37 Å². The van der Waals surface area contributed by atoms with Gasteiger partial charge in [0.1, 0.15) is 11.6 Å². The van der Waals surface area contributed by atoms with Gasteiger partial charge in [0.05, 0.1) is 17.1 Å². The molecule has 0 bridgehead atoms. The molecule has 2 aromatic carbocycles. The second-order valence-corrected chi connectivity index (χ2v) is 7.03. The second-order valence-electron chi connectivity index (χ2n) is 5.74. The molecule has 0 aliphatic rings. The van der Waals surface area contributed by atoms with Crippen molar-refractivity contribution in [3.8, 4) is 17.0 Å². The molecule has 1 heterocycles. The molecule has 0 spiro atoms. The maximum Gasteiger partial charge on any atom is 0.316 e. The summed E-state index contributed by atoms with van der Waals surface area (Å²) in [6.07, 6.45) is 0.0622. The summed E-state index contributed by atoms with van der Waals surface area (Å²) in [5.41, 5.74) is 1.97. The van der Waals surface area contributed by atoms with Crippen molar-refractivity contribution in [2.75, 3.05) is 0 Å². The summed E-state index contributed by atoms with van der Waals surface area (Å²) in [4.78, 5) is 28.8. The van der Waals surface area contributed by atoms with Crippen molar-refractivity contribution in [2.24, 2.45) is 0 Å². The monoisotopic (exact) mass is 369 g/mol. The standard InChI is InChI=1S/C20H16FNO3S/c1-12(23)14-5-9-17(10-6-14)25-19(24)11-18-20(22-13(2)26-18)15-3-7-16(21)8-4-15/h3-10H,11H2,1-2H3. The van der Waals surface area contributed by atoms with Crippen LogP contribution in [0.2, 0.25) is 0 Å². The summed E-state index contributed by atoms with van der Waals surface area (Å²) >= 11 is 1.41. The Bertz CT molecular complexity index is 946. The van der Waals surface area contributed by atoms with E-state index in [1.54, 1.807) is 36.4 Å². The number of rotatable bonds is 5. The van der Waals surface area contributed by atoms with Gasteiger partial charge < -0.3 is 4.74 Å². The molecule has 3 rings (SSSR count). The number of nitrogens with zero attached hydrogens (tertiary/aromatic N) is 1. The molecule has 132 valence electrons. The Morgan fingerprint density at radius 2 is 1.73 bits per heavy atom. The van der Waals surface area contributed by atoms with E-state index in [2.05, 4.69) is 4.98 Å². The molecule has 0 aliphatic heterocycles. The molecule has 0 saturated carbocycles. The van der Waals surface area contributed by atoms with Crippen molar-refractivity contribution in [3.05, 3.63) is 69.8 Å². The molecule has 0 atom stereocenters.